The summed E-state index contributed by atoms with van der Waals surface area (Å²) in [7, 11) is 0. The van der Waals surface area contributed by atoms with Crippen LogP contribution in [0, 0.1) is 11.6 Å². The Bertz CT molecular complexity index is 1310. The zero-order valence-electron chi connectivity index (χ0n) is 21.4. The molecule has 0 bridgehead atoms. The zero-order valence-corrected chi connectivity index (χ0v) is 22.2. The number of likely N-dealkylation sites (tertiary alicyclic amines) is 1. The Morgan fingerprint density at radius 3 is 2.48 bits per heavy atom. The molecule has 1 fully saturated rings. The van der Waals surface area contributed by atoms with Gasteiger partial charge in [0, 0.05) is 41.3 Å². The molecule has 3 aromatic rings. The topological polar surface area (TPSA) is 80.5 Å². The number of piperidine rings is 1. The van der Waals surface area contributed by atoms with E-state index in [0.29, 0.717) is 31.5 Å². The zero-order chi connectivity index (χ0) is 28.9. The highest BCUT2D eigenvalue weighted by Crippen LogP contribution is 2.40. The number of aliphatic hydroxyl groups is 1. The van der Waals surface area contributed by atoms with Gasteiger partial charge in [-0.15, -0.1) is 13.2 Å². The van der Waals surface area contributed by atoms with Crippen LogP contribution in [0.2, 0.25) is 0 Å². The van der Waals surface area contributed by atoms with E-state index in [2.05, 4.69) is 14.8 Å². The number of halogens is 5. The quantitative estimate of drug-likeness (QED) is 0.277. The lowest BCUT2D eigenvalue weighted by Gasteiger charge is -2.38. The highest BCUT2D eigenvalue weighted by atomic mass is 32.2. The van der Waals surface area contributed by atoms with Crippen molar-refractivity contribution in [2.45, 2.75) is 48.8 Å². The van der Waals surface area contributed by atoms with Gasteiger partial charge in [-0.3, -0.25) is 4.79 Å². The highest BCUT2D eigenvalue weighted by molar-refractivity contribution is 8.00. The van der Waals surface area contributed by atoms with Crippen LogP contribution < -0.4 is 4.74 Å². The van der Waals surface area contributed by atoms with Crippen molar-refractivity contribution in [2.24, 2.45) is 0 Å². The largest absolute Gasteiger partial charge is 0.573 e. The summed E-state index contributed by atoms with van der Waals surface area (Å²) in [6, 6.07) is 8.25. The number of ether oxygens (including phenoxy) is 1. The number of rotatable bonds is 9. The van der Waals surface area contributed by atoms with Crippen molar-refractivity contribution >= 4 is 23.7 Å². The van der Waals surface area contributed by atoms with Gasteiger partial charge in [0.05, 0.1) is 6.54 Å². The lowest BCUT2D eigenvalue weighted by molar-refractivity contribution is -0.274. The Balaban J connectivity index is 1.35. The second-order valence-electron chi connectivity index (χ2n) is 9.39. The first-order valence-electron chi connectivity index (χ1n) is 12.4. The minimum Gasteiger partial charge on any atom is -0.406 e. The van der Waals surface area contributed by atoms with E-state index in [1.54, 1.807) is 11.8 Å². The summed E-state index contributed by atoms with van der Waals surface area (Å²) in [5, 5.41) is 15.3. The predicted octanol–water partition coefficient (Wildman–Crippen LogP) is 5.17. The molecule has 0 spiro atoms. The summed E-state index contributed by atoms with van der Waals surface area (Å²) in [5.74, 6) is -2.18. The standard InChI is InChI=1S/C27H27F5N4O3S/c1-18(26(38,15-36-17-33-16-34-36)23-8-5-20(28)14-24(23)29)40-22-10-12-35(13-11-22)25(37)9-4-19-2-6-21(7-3-19)39-27(30,31)32/h2-9,14,16-18,22,38H,10-13,15H2,1H3/t18-,26-/m1/s1. The average Bonchev–Trinajstić information content (AvgIpc) is 3.40. The number of aromatic nitrogens is 3. The maximum Gasteiger partial charge on any atom is 0.573 e. The van der Waals surface area contributed by atoms with Crippen molar-refractivity contribution in [3.63, 3.8) is 0 Å². The first kappa shape index (κ1) is 29.5. The van der Waals surface area contributed by atoms with E-state index in [1.165, 1.54) is 71.6 Å². The molecule has 2 atom stereocenters. The van der Waals surface area contributed by atoms with Crippen LogP contribution in [0.3, 0.4) is 0 Å². The maximum absolute atomic E-state index is 14.8. The van der Waals surface area contributed by atoms with Gasteiger partial charge in [0.2, 0.25) is 5.91 Å². The van der Waals surface area contributed by atoms with Gasteiger partial charge in [-0.2, -0.15) is 16.9 Å². The summed E-state index contributed by atoms with van der Waals surface area (Å²) >= 11 is 1.47. The van der Waals surface area contributed by atoms with Gasteiger partial charge in [-0.25, -0.2) is 18.4 Å². The van der Waals surface area contributed by atoms with Gasteiger partial charge in [0.1, 0.15) is 35.6 Å². The van der Waals surface area contributed by atoms with Crippen LogP contribution in [0.15, 0.2) is 61.2 Å². The number of carbonyl (C=O) groups is 1. The third-order valence-electron chi connectivity index (χ3n) is 6.62. The van der Waals surface area contributed by atoms with Gasteiger partial charge < -0.3 is 14.7 Å². The summed E-state index contributed by atoms with van der Waals surface area (Å²) < 4.78 is 70.5. The van der Waals surface area contributed by atoms with Crippen LogP contribution in [0.5, 0.6) is 5.75 Å². The van der Waals surface area contributed by atoms with Gasteiger partial charge in [0.25, 0.3) is 0 Å². The molecule has 40 heavy (non-hydrogen) atoms. The predicted molar refractivity (Wildman–Crippen MR) is 139 cm³/mol. The van der Waals surface area contributed by atoms with Crippen LogP contribution in [0.25, 0.3) is 6.08 Å². The molecule has 1 saturated heterocycles. The molecule has 2 aromatic carbocycles. The number of thioether (sulfide) groups is 1. The molecule has 4 rings (SSSR count). The molecule has 0 unspecified atom stereocenters. The fourth-order valence-corrected chi connectivity index (χ4v) is 5.99. The number of carbonyl (C=O) groups excluding carboxylic acids is 1. The molecule has 0 saturated carbocycles. The fourth-order valence-electron chi connectivity index (χ4n) is 4.50. The molecular formula is C27H27F5N4O3S. The molecule has 7 nitrogen and oxygen atoms in total. The van der Waals surface area contributed by atoms with Gasteiger partial charge in [0.15, 0.2) is 0 Å². The first-order valence-corrected chi connectivity index (χ1v) is 13.4. The van der Waals surface area contributed by atoms with E-state index < -0.39 is 28.8 Å². The second-order valence-corrected chi connectivity index (χ2v) is 11.0. The van der Waals surface area contributed by atoms with E-state index in [-0.39, 0.29) is 29.0 Å². The van der Waals surface area contributed by atoms with Gasteiger partial charge >= 0.3 is 6.36 Å². The van der Waals surface area contributed by atoms with E-state index >= 15 is 0 Å². The molecule has 214 valence electrons. The number of nitrogens with zero attached hydrogens (tertiary/aromatic N) is 4. The minimum atomic E-state index is -4.78. The normalized spacial score (nSPS) is 17.1. The lowest BCUT2D eigenvalue weighted by atomic mass is 9.90. The van der Waals surface area contributed by atoms with Crippen molar-refractivity contribution < 1.29 is 36.6 Å². The third-order valence-corrected chi connectivity index (χ3v) is 8.28. The number of hydrogen-bond acceptors (Lipinski definition) is 6. The second kappa shape index (κ2) is 12.4. The smallest absolute Gasteiger partial charge is 0.406 e. The van der Waals surface area contributed by atoms with Crippen molar-refractivity contribution in [1.29, 1.82) is 0 Å². The summed E-state index contributed by atoms with van der Waals surface area (Å²) in [6.07, 6.45) is 2.08. The number of amides is 1. The van der Waals surface area contributed by atoms with E-state index in [4.69, 9.17) is 0 Å². The van der Waals surface area contributed by atoms with Gasteiger partial charge in [-0.1, -0.05) is 25.1 Å². The SMILES string of the molecule is C[C@@H](SC1CCN(C(=O)C=Cc2ccc(OC(F)(F)F)cc2)CC1)[C@](O)(Cn1cncn1)c1ccc(F)cc1F. The van der Waals surface area contributed by atoms with Crippen molar-refractivity contribution in [2.75, 3.05) is 13.1 Å². The summed E-state index contributed by atoms with van der Waals surface area (Å²) in [4.78, 5) is 18.2. The Morgan fingerprint density at radius 2 is 1.88 bits per heavy atom. The van der Waals surface area contributed by atoms with Crippen LogP contribution in [0.1, 0.15) is 30.9 Å². The van der Waals surface area contributed by atoms with Crippen molar-refractivity contribution in [3.8, 4) is 5.75 Å². The molecule has 1 aromatic heterocycles. The molecule has 2 heterocycles. The Hall–Kier alpha value is -3.45. The highest BCUT2D eigenvalue weighted by Gasteiger charge is 2.41. The molecule has 13 heteroatoms. The summed E-state index contributed by atoms with van der Waals surface area (Å²) in [5.41, 5.74) is -1.21. The lowest BCUT2D eigenvalue weighted by Crippen LogP contribution is -2.44. The molecule has 0 radical (unpaired) electrons. The van der Waals surface area contributed by atoms with E-state index in [0.717, 1.165) is 12.1 Å². The Labute approximate surface area is 231 Å². The first-order chi connectivity index (χ1) is 18.9. The van der Waals surface area contributed by atoms with Crippen molar-refractivity contribution in [1.82, 2.24) is 19.7 Å². The molecule has 1 aliphatic heterocycles. The maximum atomic E-state index is 14.8. The van der Waals surface area contributed by atoms with Crippen molar-refractivity contribution in [3.05, 3.63) is 84.0 Å². The average molecular weight is 583 g/mol. The van der Waals surface area contributed by atoms with E-state index in [9.17, 15) is 31.9 Å². The van der Waals surface area contributed by atoms with Crippen LogP contribution >= 0.6 is 11.8 Å². The fraction of sp³-hybridized carbons (Fsp3) is 0.370. The Morgan fingerprint density at radius 1 is 1.18 bits per heavy atom. The number of benzene rings is 2. The Kier molecular flexibility index (Phi) is 9.14. The number of alkyl halides is 3. The third kappa shape index (κ3) is 7.60. The van der Waals surface area contributed by atoms with Gasteiger partial charge in [-0.05, 0) is 42.7 Å². The number of hydrogen-bond donors (Lipinski definition) is 1. The van der Waals surface area contributed by atoms with Crippen LogP contribution in [0.4, 0.5) is 22.0 Å². The molecule has 1 amide bonds. The van der Waals surface area contributed by atoms with Crippen LogP contribution in [-0.4, -0.2) is 60.6 Å². The molecule has 1 aliphatic rings. The van der Waals surface area contributed by atoms with E-state index in [1.807, 2.05) is 0 Å². The van der Waals surface area contributed by atoms with Crippen LogP contribution in [-0.2, 0) is 16.9 Å². The summed E-state index contributed by atoms with van der Waals surface area (Å²) in [6.45, 7) is 2.60. The minimum absolute atomic E-state index is 0.0415. The molecule has 1 N–H and O–H groups in total. The monoisotopic (exact) mass is 582 g/mol. The molecule has 0 aliphatic carbocycles. The molecular weight excluding hydrogens is 555 g/mol.